The molecule has 1 aromatic carbocycles. The Morgan fingerprint density at radius 2 is 1.67 bits per heavy atom. The number of carbonyl (C=O) groups is 4. The molecule has 8 rings (SSSR count). The zero-order valence-electron chi connectivity index (χ0n) is 36.4. The number of hydrogen-bond donors (Lipinski definition) is 3. The molecule has 8 atom stereocenters. The van der Waals surface area contributed by atoms with Gasteiger partial charge in [-0.3, -0.25) is 14.4 Å². The maximum atomic E-state index is 13.9. The smallest absolute Gasteiger partial charge is 0.338 e. The molecule has 1 aromatic rings. The van der Waals surface area contributed by atoms with Crippen LogP contribution in [0.1, 0.15) is 141 Å². The Kier molecular flexibility index (Phi) is 11.9. The minimum Gasteiger partial charge on any atom is -0.460 e. The van der Waals surface area contributed by atoms with E-state index >= 15 is 0 Å². The third-order valence-corrected chi connectivity index (χ3v) is 14.2. The van der Waals surface area contributed by atoms with E-state index in [0.717, 1.165) is 50.5 Å². The highest BCUT2D eigenvalue weighted by atomic mass is 16.8. The molecule has 4 saturated carbocycles. The lowest BCUT2D eigenvalue weighted by Gasteiger charge is -2.53. The number of benzene rings is 1. The Bertz CT molecular complexity index is 1860. The number of epoxide rings is 1. The van der Waals surface area contributed by atoms with Crippen LogP contribution in [0.2, 0.25) is 0 Å². The van der Waals surface area contributed by atoms with Crippen LogP contribution in [0.5, 0.6) is 0 Å². The molecule has 7 aliphatic rings. The summed E-state index contributed by atoms with van der Waals surface area (Å²) in [6.07, 6.45) is 12.7. The fourth-order valence-electron chi connectivity index (χ4n) is 10.5. The molecular weight excluding hydrogens is 765 g/mol. The van der Waals surface area contributed by atoms with Crippen LogP contribution in [0.15, 0.2) is 41.5 Å². The molecule has 6 fully saturated rings. The summed E-state index contributed by atoms with van der Waals surface area (Å²) in [4.78, 5) is 52.3. The summed E-state index contributed by atoms with van der Waals surface area (Å²) in [5.74, 6) is -0.553. The highest BCUT2D eigenvalue weighted by molar-refractivity contribution is 5.94. The van der Waals surface area contributed by atoms with Crippen molar-refractivity contribution in [3.05, 3.63) is 52.6 Å². The number of fused-ring (bicyclic) bond motifs is 3. The standard InChI is InChI=1S/C48H66N2O10/c1-45(2,3)59-41(53)18-16-34(27-51)50-40(52)20-22-49-43(54)31-24-37(42-38(25-31)57-48(60-42,32-12-13-32)33-14-15-33)56-44(55)29-9-7-28(8-10-29)23-30-11-17-39-47(6,58-39)21-19-36-35(30)26-46(36,4)5/h7-10,23,25,32-39,42,51H,11-22,24,26-27H2,1-6H3,(H,49,54)(H,50,52)/t34-,35+,36+,37+,38+,39?,42-,47+/m0/s1. The normalized spacial score (nSPS) is 32.6. The van der Waals surface area contributed by atoms with Crippen molar-refractivity contribution in [1.29, 1.82) is 0 Å². The summed E-state index contributed by atoms with van der Waals surface area (Å²) in [5.41, 5.74) is 3.14. The van der Waals surface area contributed by atoms with Crippen LogP contribution in [0.4, 0.5) is 0 Å². The van der Waals surface area contributed by atoms with E-state index in [4.69, 9.17) is 23.7 Å². The van der Waals surface area contributed by atoms with E-state index in [1.165, 1.54) is 18.4 Å². The summed E-state index contributed by atoms with van der Waals surface area (Å²) in [6, 6.07) is 7.02. The first-order valence-corrected chi connectivity index (χ1v) is 22.6. The van der Waals surface area contributed by atoms with Crippen molar-refractivity contribution in [3.8, 4) is 0 Å². The number of nitrogens with one attached hydrogen (secondary N) is 2. The quantitative estimate of drug-likeness (QED) is 0.136. The van der Waals surface area contributed by atoms with Crippen molar-refractivity contribution in [3.63, 3.8) is 0 Å². The predicted molar refractivity (Wildman–Crippen MR) is 223 cm³/mol. The highest BCUT2D eigenvalue weighted by Crippen LogP contribution is 2.61. The number of hydrogen-bond acceptors (Lipinski definition) is 10. The van der Waals surface area contributed by atoms with Gasteiger partial charge in [0.2, 0.25) is 11.8 Å². The molecule has 1 unspecified atom stereocenters. The third-order valence-electron chi connectivity index (χ3n) is 14.2. The molecule has 0 radical (unpaired) electrons. The molecule has 328 valence electrons. The first kappa shape index (κ1) is 43.1. The summed E-state index contributed by atoms with van der Waals surface area (Å²) < 4.78 is 31.2. The molecule has 60 heavy (non-hydrogen) atoms. The molecule has 2 saturated heterocycles. The van der Waals surface area contributed by atoms with Gasteiger partial charge in [-0.1, -0.05) is 37.6 Å². The number of ether oxygens (including phenoxy) is 5. The minimum absolute atomic E-state index is 0.0290. The number of aliphatic hydroxyl groups excluding tert-OH is 1. The van der Waals surface area contributed by atoms with Crippen molar-refractivity contribution < 1.29 is 48.0 Å². The van der Waals surface area contributed by atoms with Crippen LogP contribution in [0.3, 0.4) is 0 Å². The highest BCUT2D eigenvalue weighted by Gasteiger charge is 2.64. The zero-order valence-corrected chi connectivity index (χ0v) is 36.4. The fraction of sp³-hybridized carbons (Fsp3) is 0.708. The van der Waals surface area contributed by atoms with Crippen molar-refractivity contribution >= 4 is 29.8 Å². The summed E-state index contributed by atoms with van der Waals surface area (Å²) in [6.45, 7) is 12.1. The van der Waals surface area contributed by atoms with Crippen LogP contribution in [-0.4, -0.2) is 89.5 Å². The number of esters is 2. The summed E-state index contributed by atoms with van der Waals surface area (Å²) in [5, 5.41) is 15.4. The van der Waals surface area contributed by atoms with Gasteiger partial charge in [0.1, 0.15) is 23.9 Å². The Labute approximate surface area is 354 Å². The molecule has 0 bridgehead atoms. The van der Waals surface area contributed by atoms with Gasteiger partial charge < -0.3 is 39.4 Å². The van der Waals surface area contributed by atoms with E-state index in [1.54, 1.807) is 26.8 Å². The Morgan fingerprint density at radius 3 is 2.32 bits per heavy atom. The summed E-state index contributed by atoms with van der Waals surface area (Å²) in [7, 11) is 0. The number of amides is 2. The topological polar surface area (TPSA) is 162 Å². The van der Waals surface area contributed by atoms with E-state index in [2.05, 4.69) is 37.5 Å². The number of aliphatic hydroxyl groups is 1. The average molecular weight is 831 g/mol. The van der Waals surface area contributed by atoms with Crippen molar-refractivity contribution in [1.82, 2.24) is 10.6 Å². The maximum Gasteiger partial charge on any atom is 0.338 e. The largest absolute Gasteiger partial charge is 0.460 e. The second-order valence-electron chi connectivity index (χ2n) is 20.6. The number of rotatable bonds is 14. The van der Waals surface area contributed by atoms with E-state index in [1.807, 2.05) is 24.3 Å². The molecule has 2 amide bonds. The van der Waals surface area contributed by atoms with Gasteiger partial charge >= 0.3 is 11.9 Å². The van der Waals surface area contributed by atoms with Crippen LogP contribution in [0.25, 0.3) is 6.08 Å². The zero-order chi connectivity index (χ0) is 42.6. The van der Waals surface area contributed by atoms with Crippen molar-refractivity contribution in [2.75, 3.05) is 13.2 Å². The van der Waals surface area contributed by atoms with Gasteiger partial charge in [-0.25, -0.2) is 4.79 Å². The maximum absolute atomic E-state index is 13.9. The Morgan fingerprint density at radius 1 is 0.950 bits per heavy atom. The monoisotopic (exact) mass is 830 g/mol. The van der Waals surface area contributed by atoms with E-state index < -0.39 is 47.7 Å². The van der Waals surface area contributed by atoms with Gasteiger partial charge in [-0.15, -0.1) is 0 Å². The first-order chi connectivity index (χ1) is 28.4. The second kappa shape index (κ2) is 16.6. The lowest BCUT2D eigenvalue weighted by Crippen LogP contribution is -2.45. The number of allylic oxidation sites excluding steroid dienone is 1. The minimum atomic E-state index is -0.749. The molecule has 12 heteroatoms. The lowest BCUT2D eigenvalue weighted by molar-refractivity contribution is -0.209. The molecule has 2 aliphatic heterocycles. The third kappa shape index (κ3) is 9.57. The van der Waals surface area contributed by atoms with Crippen molar-refractivity contribution in [2.45, 2.75) is 172 Å². The van der Waals surface area contributed by atoms with Gasteiger partial charge in [0.05, 0.1) is 29.9 Å². The van der Waals surface area contributed by atoms with Gasteiger partial charge in [-0.05, 0) is 133 Å². The van der Waals surface area contributed by atoms with Gasteiger partial charge in [-0.2, -0.15) is 0 Å². The second-order valence-corrected chi connectivity index (χ2v) is 20.6. The van der Waals surface area contributed by atoms with Gasteiger partial charge in [0.15, 0.2) is 5.79 Å². The van der Waals surface area contributed by atoms with Crippen LogP contribution in [-0.2, 0) is 38.1 Å². The Balaban J connectivity index is 0.897. The van der Waals surface area contributed by atoms with Gasteiger partial charge in [0, 0.05) is 43.2 Å². The molecule has 5 aliphatic carbocycles. The van der Waals surface area contributed by atoms with Crippen LogP contribution < -0.4 is 10.6 Å². The molecule has 0 aromatic heterocycles. The summed E-state index contributed by atoms with van der Waals surface area (Å²) >= 11 is 0. The predicted octanol–water partition coefficient (Wildman–Crippen LogP) is 6.72. The van der Waals surface area contributed by atoms with Crippen LogP contribution in [0, 0.1) is 29.1 Å². The Hall–Kier alpha value is -3.58. The number of carbonyl (C=O) groups excluding carboxylic acids is 4. The van der Waals surface area contributed by atoms with E-state index in [-0.39, 0.29) is 68.1 Å². The SMILES string of the molecule is CC(C)(C)OC(=O)CC[C@@H](CO)NC(=O)CCNC(=O)C1=C[C@H]2OC(C3CC3)(C3CC3)O[C@H]2[C@H](OC(=O)c2ccc(C=C3CCC4O[C@]4(C)CC[C@@H]4[C@@H]3CC4(C)C)cc2)C1. The average Bonchev–Trinajstić information content (AvgIpc) is 4.10. The molecule has 3 N–H and O–H groups in total. The van der Waals surface area contributed by atoms with Crippen LogP contribution >= 0.6 is 0 Å². The van der Waals surface area contributed by atoms with E-state index in [0.29, 0.717) is 34.5 Å². The lowest BCUT2D eigenvalue weighted by atomic mass is 9.52. The molecule has 12 nitrogen and oxygen atoms in total. The van der Waals surface area contributed by atoms with Gasteiger partial charge in [0.25, 0.3) is 0 Å². The molecular formula is C48H66N2O10. The fourth-order valence-corrected chi connectivity index (χ4v) is 10.5. The molecule has 2 heterocycles. The first-order valence-electron chi connectivity index (χ1n) is 22.6. The van der Waals surface area contributed by atoms with E-state index in [9.17, 15) is 24.3 Å². The molecule has 0 spiro atoms. The van der Waals surface area contributed by atoms with Crippen molar-refractivity contribution in [2.24, 2.45) is 29.1 Å².